The molecule has 0 radical (unpaired) electrons. The van der Waals surface area contributed by atoms with Crippen molar-refractivity contribution in [2.45, 2.75) is 12.1 Å². The number of Topliss-reactive ketones (excluding diaryl/α,β-unsaturated/α-hetero) is 1. The molecule has 0 fully saturated rings. The van der Waals surface area contributed by atoms with Gasteiger partial charge in [0.25, 0.3) is 5.22 Å². The topological polar surface area (TPSA) is 83.7 Å². The van der Waals surface area contributed by atoms with Gasteiger partial charge in [-0.05, 0) is 49.4 Å². The zero-order chi connectivity index (χ0) is 18.6. The molecule has 4 rings (SSSR count). The van der Waals surface area contributed by atoms with Gasteiger partial charge in [0.2, 0.25) is 12.7 Å². The van der Waals surface area contributed by atoms with Crippen LogP contribution in [0.2, 0.25) is 0 Å². The summed E-state index contributed by atoms with van der Waals surface area (Å²) < 4.78 is 21.6. The van der Waals surface area contributed by atoms with E-state index in [1.54, 1.807) is 36.4 Å². The van der Waals surface area contributed by atoms with Crippen LogP contribution >= 0.6 is 11.8 Å². The number of hydrogen-bond donors (Lipinski definition) is 0. The van der Waals surface area contributed by atoms with Crippen LogP contribution in [-0.4, -0.2) is 35.1 Å². The highest BCUT2D eigenvalue weighted by molar-refractivity contribution is 7.99. The van der Waals surface area contributed by atoms with E-state index in [-0.39, 0.29) is 18.3 Å². The first-order valence-corrected chi connectivity index (χ1v) is 9.34. The summed E-state index contributed by atoms with van der Waals surface area (Å²) in [6.07, 6.45) is 0. The Kier molecular flexibility index (Phi) is 4.97. The molecule has 138 valence electrons. The zero-order valence-electron chi connectivity index (χ0n) is 14.5. The van der Waals surface area contributed by atoms with Gasteiger partial charge in [0.1, 0.15) is 5.75 Å². The highest BCUT2D eigenvalue weighted by Crippen LogP contribution is 2.36. The van der Waals surface area contributed by atoms with Gasteiger partial charge in [-0.25, -0.2) is 0 Å². The second-order valence-electron chi connectivity index (χ2n) is 5.61. The first kappa shape index (κ1) is 17.4. The summed E-state index contributed by atoms with van der Waals surface area (Å²) in [7, 11) is 0. The Morgan fingerprint density at radius 3 is 2.74 bits per heavy atom. The molecule has 7 nitrogen and oxygen atoms in total. The van der Waals surface area contributed by atoms with Gasteiger partial charge in [-0.15, -0.1) is 10.2 Å². The lowest BCUT2D eigenvalue weighted by Gasteiger charge is -2.03. The van der Waals surface area contributed by atoms with Gasteiger partial charge in [0.05, 0.1) is 12.4 Å². The summed E-state index contributed by atoms with van der Waals surface area (Å²) in [5.41, 5.74) is 1.35. The Balaban J connectivity index is 1.38. The number of ether oxygens (including phenoxy) is 3. The maximum atomic E-state index is 12.3. The lowest BCUT2D eigenvalue weighted by Crippen LogP contribution is -2.02. The van der Waals surface area contributed by atoms with E-state index in [0.717, 1.165) is 11.3 Å². The monoisotopic (exact) mass is 384 g/mol. The number of hydrogen-bond acceptors (Lipinski definition) is 8. The van der Waals surface area contributed by atoms with E-state index in [9.17, 15) is 4.79 Å². The van der Waals surface area contributed by atoms with Gasteiger partial charge in [-0.3, -0.25) is 4.79 Å². The molecule has 0 saturated carbocycles. The van der Waals surface area contributed by atoms with Crippen molar-refractivity contribution < 1.29 is 23.4 Å². The van der Waals surface area contributed by atoms with Gasteiger partial charge in [0.15, 0.2) is 17.3 Å². The van der Waals surface area contributed by atoms with Gasteiger partial charge >= 0.3 is 0 Å². The molecule has 0 amide bonds. The lowest BCUT2D eigenvalue weighted by atomic mass is 10.1. The maximum absolute atomic E-state index is 12.3. The summed E-state index contributed by atoms with van der Waals surface area (Å²) in [5.74, 6) is 2.62. The molecule has 1 aromatic heterocycles. The zero-order valence-corrected chi connectivity index (χ0v) is 15.3. The predicted molar refractivity (Wildman–Crippen MR) is 98.5 cm³/mol. The largest absolute Gasteiger partial charge is 0.494 e. The summed E-state index contributed by atoms with van der Waals surface area (Å²) in [6.45, 7) is 2.71. The van der Waals surface area contributed by atoms with E-state index < -0.39 is 0 Å². The average molecular weight is 384 g/mol. The number of fused-ring (bicyclic) bond motifs is 1. The number of benzene rings is 2. The van der Waals surface area contributed by atoms with Crippen LogP contribution in [-0.2, 0) is 0 Å². The van der Waals surface area contributed by atoms with Crippen molar-refractivity contribution >= 4 is 17.5 Å². The predicted octanol–water partition coefficient (Wildman–Crippen LogP) is 3.84. The molecule has 1 aliphatic heterocycles. The molecule has 2 heterocycles. The fourth-order valence-electron chi connectivity index (χ4n) is 2.53. The molecule has 0 bridgehead atoms. The third kappa shape index (κ3) is 3.90. The summed E-state index contributed by atoms with van der Waals surface area (Å²) >= 11 is 1.20. The average Bonchev–Trinajstić information content (AvgIpc) is 3.35. The number of nitrogens with zero attached hydrogens (tertiary/aromatic N) is 2. The van der Waals surface area contributed by atoms with Crippen molar-refractivity contribution in [2.24, 2.45) is 0 Å². The molecule has 0 aliphatic carbocycles. The number of rotatable bonds is 7. The Morgan fingerprint density at radius 1 is 1.11 bits per heavy atom. The number of carbonyl (C=O) groups is 1. The van der Waals surface area contributed by atoms with E-state index in [1.165, 1.54) is 11.8 Å². The lowest BCUT2D eigenvalue weighted by molar-refractivity contribution is 0.102. The second-order valence-corrected chi connectivity index (χ2v) is 6.54. The van der Waals surface area contributed by atoms with Crippen LogP contribution in [0.25, 0.3) is 11.5 Å². The number of carbonyl (C=O) groups excluding carboxylic acids is 1. The van der Waals surface area contributed by atoms with E-state index in [4.69, 9.17) is 18.6 Å². The number of aromatic nitrogens is 2. The molecule has 0 atom stereocenters. The smallest absolute Gasteiger partial charge is 0.277 e. The molecule has 2 aromatic carbocycles. The molecule has 0 saturated heterocycles. The molecule has 0 unspecified atom stereocenters. The van der Waals surface area contributed by atoms with Crippen molar-refractivity contribution in [1.29, 1.82) is 0 Å². The van der Waals surface area contributed by atoms with Gasteiger partial charge in [-0.1, -0.05) is 11.8 Å². The van der Waals surface area contributed by atoms with Crippen LogP contribution in [0.1, 0.15) is 17.3 Å². The first-order valence-electron chi connectivity index (χ1n) is 8.35. The Labute approximate surface area is 159 Å². The fourth-order valence-corrected chi connectivity index (χ4v) is 3.19. The molecule has 8 heteroatoms. The first-order chi connectivity index (χ1) is 13.2. The quantitative estimate of drug-likeness (QED) is 0.449. The Bertz CT molecular complexity index is 955. The standard InChI is InChI=1S/C19H16N2O5S/c1-2-23-14-6-3-12(4-7-14)15(22)10-27-19-21-20-18(26-19)13-5-8-16-17(9-13)25-11-24-16/h3-9H,2,10-11H2,1H3. The molecular weight excluding hydrogens is 368 g/mol. The van der Waals surface area contributed by atoms with E-state index in [0.29, 0.717) is 34.8 Å². The van der Waals surface area contributed by atoms with Crippen molar-refractivity contribution in [3.8, 4) is 28.7 Å². The summed E-state index contributed by atoms with van der Waals surface area (Å²) in [6, 6.07) is 12.5. The van der Waals surface area contributed by atoms with Crippen molar-refractivity contribution in [1.82, 2.24) is 10.2 Å². The minimum Gasteiger partial charge on any atom is -0.494 e. The van der Waals surface area contributed by atoms with Crippen LogP contribution in [0.4, 0.5) is 0 Å². The van der Waals surface area contributed by atoms with E-state index in [2.05, 4.69) is 10.2 Å². The fraction of sp³-hybridized carbons (Fsp3) is 0.211. The van der Waals surface area contributed by atoms with Gasteiger partial charge < -0.3 is 18.6 Å². The molecule has 3 aromatic rings. The van der Waals surface area contributed by atoms with Crippen LogP contribution in [0.3, 0.4) is 0 Å². The summed E-state index contributed by atoms with van der Waals surface area (Å²) in [4.78, 5) is 12.3. The maximum Gasteiger partial charge on any atom is 0.277 e. The van der Waals surface area contributed by atoms with Crippen molar-refractivity contribution in [3.63, 3.8) is 0 Å². The SMILES string of the molecule is CCOc1ccc(C(=O)CSc2nnc(-c3ccc4c(c3)OCO4)o2)cc1. The van der Waals surface area contributed by atoms with Crippen LogP contribution in [0, 0.1) is 0 Å². The van der Waals surface area contributed by atoms with E-state index in [1.807, 2.05) is 13.0 Å². The molecule has 27 heavy (non-hydrogen) atoms. The van der Waals surface area contributed by atoms with E-state index >= 15 is 0 Å². The highest BCUT2D eigenvalue weighted by Gasteiger charge is 2.17. The Morgan fingerprint density at radius 2 is 1.93 bits per heavy atom. The molecule has 0 spiro atoms. The second kappa shape index (κ2) is 7.71. The minimum absolute atomic E-state index is 0.0223. The number of ketones is 1. The highest BCUT2D eigenvalue weighted by atomic mass is 32.2. The third-order valence-corrected chi connectivity index (χ3v) is 4.66. The molecule has 0 N–H and O–H groups in total. The minimum atomic E-state index is -0.0223. The number of thioether (sulfide) groups is 1. The Hall–Kier alpha value is -3.00. The molecular formula is C19H16N2O5S. The molecule has 1 aliphatic rings. The van der Waals surface area contributed by atoms with Crippen molar-refractivity contribution in [2.75, 3.05) is 19.2 Å². The van der Waals surface area contributed by atoms with Crippen LogP contribution < -0.4 is 14.2 Å². The summed E-state index contributed by atoms with van der Waals surface area (Å²) in [5, 5.41) is 8.36. The van der Waals surface area contributed by atoms with Gasteiger partial charge in [0, 0.05) is 11.1 Å². The van der Waals surface area contributed by atoms with Crippen molar-refractivity contribution in [3.05, 3.63) is 48.0 Å². The third-order valence-electron chi connectivity index (χ3n) is 3.84. The van der Waals surface area contributed by atoms with Gasteiger partial charge in [-0.2, -0.15) is 0 Å². The van der Waals surface area contributed by atoms with Crippen LogP contribution in [0.15, 0.2) is 52.1 Å². The normalized spacial score (nSPS) is 12.2. The van der Waals surface area contributed by atoms with Crippen LogP contribution in [0.5, 0.6) is 17.2 Å².